The second-order valence-electron chi connectivity index (χ2n) is 5.65. The molecule has 0 unspecified atom stereocenters. The predicted octanol–water partition coefficient (Wildman–Crippen LogP) is 4.17. The van der Waals surface area contributed by atoms with Gasteiger partial charge in [-0.2, -0.15) is 0 Å². The van der Waals surface area contributed by atoms with Gasteiger partial charge in [-0.25, -0.2) is 4.98 Å². The highest BCUT2D eigenvalue weighted by Gasteiger charge is 2.13. The third-order valence-corrected chi connectivity index (χ3v) is 4.93. The van der Waals surface area contributed by atoms with Crippen LogP contribution in [0.4, 0.5) is 0 Å². The van der Waals surface area contributed by atoms with Crippen molar-refractivity contribution in [3.63, 3.8) is 0 Å². The number of imidazole rings is 1. The molecule has 0 aliphatic carbocycles. The third kappa shape index (κ3) is 2.74. The minimum atomic E-state index is 0.328. The summed E-state index contributed by atoms with van der Waals surface area (Å²) in [5.41, 5.74) is 6.26. The van der Waals surface area contributed by atoms with Gasteiger partial charge in [0.15, 0.2) is 4.96 Å². The van der Waals surface area contributed by atoms with Crippen LogP contribution in [-0.2, 0) is 6.54 Å². The number of benzene rings is 1. The molecule has 0 aliphatic rings. The molecule has 0 radical (unpaired) electrons. The first-order valence-electron chi connectivity index (χ1n) is 7.28. The van der Waals surface area contributed by atoms with E-state index < -0.39 is 0 Å². The van der Waals surface area contributed by atoms with E-state index in [4.69, 9.17) is 0 Å². The molecule has 110 valence electrons. The van der Waals surface area contributed by atoms with Gasteiger partial charge in [-0.15, -0.1) is 11.3 Å². The molecule has 4 heteroatoms. The zero-order chi connectivity index (χ0) is 15.0. The highest BCUT2D eigenvalue weighted by Crippen LogP contribution is 2.21. The maximum atomic E-state index is 4.64. The number of aryl methyl sites for hydroxylation is 3. The molecule has 3 nitrogen and oxygen atoms in total. The van der Waals surface area contributed by atoms with E-state index in [0.717, 1.165) is 17.2 Å². The zero-order valence-electron chi connectivity index (χ0n) is 13.0. The number of thiazole rings is 1. The van der Waals surface area contributed by atoms with Gasteiger partial charge in [-0.3, -0.25) is 4.40 Å². The molecule has 0 saturated heterocycles. The zero-order valence-corrected chi connectivity index (χ0v) is 13.8. The number of fused-ring (bicyclic) bond motifs is 1. The summed E-state index contributed by atoms with van der Waals surface area (Å²) in [5.74, 6) is 0. The molecule has 0 bridgehead atoms. The SMILES string of the molecule is Cc1ccc([C@@H](C)NCc2c(C)nc3scc(C)n23)cc1. The Morgan fingerprint density at radius 2 is 1.90 bits per heavy atom. The van der Waals surface area contributed by atoms with E-state index in [9.17, 15) is 0 Å². The molecule has 0 spiro atoms. The van der Waals surface area contributed by atoms with Crippen molar-refractivity contribution < 1.29 is 0 Å². The van der Waals surface area contributed by atoms with Crippen LogP contribution in [0.5, 0.6) is 0 Å². The molecule has 2 heterocycles. The van der Waals surface area contributed by atoms with Crippen LogP contribution in [-0.4, -0.2) is 9.38 Å². The summed E-state index contributed by atoms with van der Waals surface area (Å²) in [6.45, 7) is 9.39. The van der Waals surface area contributed by atoms with Crippen molar-refractivity contribution in [2.45, 2.75) is 40.3 Å². The van der Waals surface area contributed by atoms with Gasteiger partial charge >= 0.3 is 0 Å². The summed E-state index contributed by atoms with van der Waals surface area (Å²) in [6, 6.07) is 9.05. The number of rotatable bonds is 4. The monoisotopic (exact) mass is 299 g/mol. The normalized spacial score (nSPS) is 13.0. The summed E-state index contributed by atoms with van der Waals surface area (Å²) < 4.78 is 2.26. The molecular weight excluding hydrogens is 278 g/mol. The lowest BCUT2D eigenvalue weighted by molar-refractivity contribution is 0.563. The van der Waals surface area contributed by atoms with Crippen LogP contribution in [0, 0.1) is 20.8 Å². The van der Waals surface area contributed by atoms with Gasteiger partial charge in [0.1, 0.15) is 0 Å². The predicted molar refractivity (Wildman–Crippen MR) is 89.0 cm³/mol. The molecule has 3 rings (SSSR count). The standard InChI is InChI=1S/C17H21N3S/c1-11-5-7-15(8-6-11)13(3)18-9-16-14(4)19-17-20(16)12(2)10-21-17/h5-8,10,13,18H,9H2,1-4H3/t13-/m1/s1. The molecule has 1 aromatic carbocycles. The fourth-order valence-electron chi connectivity index (χ4n) is 2.60. The van der Waals surface area contributed by atoms with Crippen LogP contribution in [0.3, 0.4) is 0 Å². The van der Waals surface area contributed by atoms with Crippen molar-refractivity contribution in [1.29, 1.82) is 0 Å². The van der Waals surface area contributed by atoms with Crippen LogP contribution < -0.4 is 5.32 Å². The highest BCUT2D eigenvalue weighted by atomic mass is 32.1. The van der Waals surface area contributed by atoms with E-state index in [0.29, 0.717) is 6.04 Å². The van der Waals surface area contributed by atoms with E-state index in [1.807, 2.05) is 0 Å². The van der Waals surface area contributed by atoms with Crippen molar-refractivity contribution in [3.8, 4) is 0 Å². The molecular formula is C17H21N3S. The molecule has 3 aromatic rings. The minimum Gasteiger partial charge on any atom is -0.305 e. The van der Waals surface area contributed by atoms with Crippen LogP contribution >= 0.6 is 11.3 Å². The van der Waals surface area contributed by atoms with Crippen molar-refractivity contribution in [1.82, 2.24) is 14.7 Å². The molecule has 2 aromatic heterocycles. The average Bonchev–Trinajstić information content (AvgIpc) is 2.97. The molecule has 21 heavy (non-hydrogen) atoms. The van der Waals surface area contributed by atoms with Crippen molar-refractivity contribution in [2.75, 3.05) is 0 Å². The Bertz CT molecular complexity index is 752. The Morgan fingerprint density at radius 3 is 2.62 bits per heavy atom. The second-order valence-corrected chi connectivity index (χ2v) is 6.49. The quantitative estimate of drug-likeness (QED) is 0.783. The number of hydrogen-bond donors (Lipinski definition) is 1. The Labute approximate surface area is 129 Å². The lowest BCUT2D eigenvalue weighted by atomic mass is 10.1. The van der Waals surface area contributed by atoms with E-state index in [1.165, 1.54) is 22.5 Å². The largest absolute Gasteiger partial charge is 0.305 e. The van der Waals surface area contributed by atoms with E-state index in [-0.39, 0.29) is 0 Å². The fraction of sp³-hybridized carbons (Fsp3) is 0.353. The first-order chi connectivity index (χ1) is 10.1. The van der Waals surface area contributed by atoms with Gasteiger partial charge in [0.25, 0.3) is 0 Å². The Kier molecular flexibility index (Phi) is 3.83. The Hall–Kier alpha value is -1.65. The molecule has 0 fully saturated rings. The van der Waals surface area contributed by atoms with Gasteiger partial charge in [-0.05, 0) is 33.3 Å². The minimum absolute atomic E-state index is 0.328. The topological polar surface area (TPSA) is 29.3 Å². The summed E-state index contributed by atoms with van der Waals surface area (Å²) in [6.07, 6.45) is 0. The lowest BCUT2D eigenvalue weighted by Crippen LogP contribution is -2.19. The first kappa shape index (κ1) is 14.3. The molecule has 0 aliphatic heterocycles. The van der Waals surface area contributed by atoms with Gasteiger partial charge in [-0.1, -0.05) is 29.8 Å². The van der Waals surface area contributed by atoms with Gasteiger partial charge in [0.05, 0.1) is 11.4 Å². The summed E-state index contributed by atoms with van der Waals surface area (Å²) in [4.78, 5) is 5.73. The number of nitrogens with one attached hydrogen (secondary N) is 1. The van der Waals surface area contributed by atoms with Gasteiger partial charge in [0, 0.05) is 23.7 Å². The van der Waals surface area contributed by atoms with Crippen LogP contribution in [0.1, 0.15) is 41.2 Å². The number of nitrogens with zero attached hydrogens (tertiary/aromatic N) is 2. The van der Waals surface area contributed by atoms with Crippen molar-refractivity contribution >= 4 is 16.3 Å². The summed E-state index contributed by atoms with van der Waals surface area (Å²) in [5, 5.41) is 5.78. The third-order valence-electron chi connectivity index (χ3n) is 3.98. The lowest BCUT2D eigenvalue weighted by Gasteiger charge is -2.15. The second kappa shape index (κ2) is 5.62. The smallest absolute Gasteiger partial charge is 0.194 e. The van der Waals surface area contributed by atoms with Crippen LogP contribution in [0.2, 0.25) is 0 Å². The average molecular weight is 299 g/mol. The Morgan fingerprint density at radius 1 is 1.19 bits per heavy atom. The van der Waals surface area contributed by atoms with Gasteiger partial charge in [0.2, 0.25) is 0 Å². The van der Waals surface area contributed by atoms with E-state index in [1.54, 1.807) is 11.3 Å². The summed E-state index contributed by atoms with van der Waals surface area (Å²) >= 11 is 1.71. The summed E-state index contributed by atoms with van der Waals surface area (Å²) in [7, 11) is 0. The molecule has 1 N–H and O–H groups in total. The van der Waals surface area contributed by atoms with Crippen LogP contribution in [0.15, 0.2) is 29.6 Å². The number of hydrogen-bond acceptors (Lipinski definition) is 3. The van der Waals surface area contributed by atoms with Crippen molar-refractivity contribution in [3.05, 3.63) is 57.9 Å². The van der Waals surface area contributed by atoms with E-state index >= 15 is 0 Å². The maximum absolute atomic E-state index is 4.64. The van der Waals surface area contributed by atoms with E-state index in [2.05, 4.69) is 72.0 Å². The fourth-order valence-corrected chi connectivity index (χ4v) is 3.53. The molecule has 0 amide bonds. The molecule has 0 saturated carbocycles. The van der Waals surface area contributed by atoms with Gasteiger partial charge < -0.3 is 5.32 Å². The number of aromatic nitrogens is 2. The first-order valence-corrected chi connectivity index (χ1v) is 8.16. The maximum Gasteiger partial charge on any atom is 0.194 e. The van der Waals surface area contributed by atoms with Crippen LogP contribution in [0.25, 0.3) is 4.96 Å². The van der Waals surface area contributed by atoms with Crippen molar-refractivity contribution in [2.24, 2.45) is 0 Å². The molecule has 1 atom stereocenters. The Balaban J connectivity index is 1.78. The highest BCUT2D eigenvalue weighted by molar-refractivity contribution is 7.15.